The van der Waals surface area contributed by atoms with Gasteiger partial charge in [-0.15, -0.1) is 0 Å². The maximum Gasteiger partial charge on any atom is 0.211 e. The second-order valence-corrected chi connectivity index (χ2v) is 7.69. The topological polar surface area (TPSA) is 98.4 Å². The summed E-state index contributed by atoms with van der Waals surface area (Å²) in [6.45, 7) is 5.80. The predicted octanol–water partition coefficient (Wildman–Crippen LogP) is 1.20. The van der Waals surface area contributed by atoms with Crippen LogP contribution >= 0.6 is 0 Å². The third kappa shape index (κ3) is 6.06. The fraction of sp³-hybridized carbons (Fsp3) is 0.471. The van der Waals surface area contributed by atoms with Crippen LogP contribution in [0.15, 0.2) is 35.5 Å². The Balaban J connectivity index is 1.83. The van der Waals surface area contributed by atoms with E-state index in [1.54, 1.807) is 6.92 Å². The van der Waals surface area contributed by atoms with E-state index in [-0.39, 0.29) is 5.75 Å². The zero-order valence-corrected chi connectivity index (χ0v) is 15.6. The molecule has 1 aromatic heterocycles. The van der Waals surface area contributed by atoms with Crippen molar-refractivity contribution >= 4 is 26.9 Å². The van der Waals surface area contributed by atoms with Gasteiger partial charge >= 0.3 is 0 Å². The van der Waals surface area contributed by atoms with Crippen LogP contribution in [0.1, 0.15) is 19.4 Å². The molecule has 0 unspecified atom stereocenters. The van der Waals surface area contributed by atoms with Gasteiger partial charge in [0.25, 0.3) is 0 Å². The third-order valence-corrected chi connectivity index (χ3v) is 5.19. The maximum atomic E-state index is 11.4. The van der Waals surface area contributed by atoms with Crippen molar-refractivity contribution in [3.8, 4) is 0 Å². The van der Waals surface area contributed by atoms with Crippen molar-refractivity contribution in [2.45, 2.75) is 20.3 Å². The van der Waals surface area contributed by atoms with Crippen LogP contribution in [0.3, 0.4) is 0 Å². The van der Waals surface area contributed by atoms with Crippen molar-refractivity contribution in [1.29, 1.82) is 0 Å². The second kappa shape index (κ2) is 9.43. The quantitative estimate of drug-likeness (QED) is 0.305. The van der Waals surface area contributed by atoms with E-state index in [1.807, 2.05) is 25.3 Å². The van der Waals surface area contributed by atoms with Crippen LogP contribution in [-0.2, 0) is 16.4 Å². The summed E-state index contributed by atoms with van der Waals surface area (Å²) in [5, 5.41) is 7.68. The lowest BCUT2D eigenvalue weighted by molar-refractivity contribution is 0.583. The van der Waals surface area contributed by atoms with E-state index in [2.05, 4.69) is 37.5 Å². The van der Waals surface area contributed by atoms with Gasteiger partial charge in [0.1, 0.15) is 0 Å². The van der Waals surface area contributed by atoms with Crippen molar-refractivity contribution in [3.05, 3.63) is 36.0 Å². The fourth-order valence-corrected chi connectivity index (χ4v) is 3.07. The van der Waals surface area contributed by atoms with Crippen LogP contribution in [-0.4, -0.2) is 51.3 Å². The Morgan fingerprint density at radius 3 is 2.72 bits per heavy atom. The molecule has 2 rings (SSSR count). The van der Waals surface area contributed by atoms with Crippen molar-refractivity contribution in [1.82, 2.24) is 20.3 Å². The third-order valence-electron chi connectivity index (χ3n) is 3.79. The molecule has 0 atom stereocenters. The molecule has 0 radical (unpaired) electrons. The number of H-pyrrole nitrogens is 1. The summed E-state index contributed by atoms with van der Waals surface area (Å²) in [7, 11) is -3.16. The molecule has 4 N–H and O–H groups in total. The number of nitrogens with zero attached hydrogens (tertiary/aromatic N) is 1. The van der Waals surface area contributed by atoms with Crippen LogP contribution < -0.4 is 15.4 Å². The molecule has 2 aromatic rings. The lowest BCUT2D eigenvalue weighted by Gasteiger charge is -2.11. The molecule has 8 heteroatoms. The van der Waals surface area contributed by atoms with Crippen LogP contribution in [0, 0.1) is 0 Å². The first-order valence-electron chi connectivity index (χ1n) is 8.60. The number of fused-ring (bicyclic) bond motifs is 1. The first kappa shape index (κ1) is 19.3. The van der Waals surface area contributed by atoms with Crippen molar-refractivity contribution in [2.24, 2.45) is 4.99 Å². The number of hydrogen-bond donors (Lipinski definition) is 4. The van der Waals surface area contributed by atoms with E-state index in [4.69, 9.17) is 0 Å². The number of para-hydroxylation sites is 1. The van der Waals surface area contributed by atoms with Crippen LogP contribution in [0.4, 0.5) is 0 Å². The van der Waals surface area contributed by atoms with Gasteiger partial charge in [-0.25, -0.2) is 13.1 Å². The Morgan fingerprint density at radius 1 is 1.16 bits per heavy atom. The van der Waals surface area contributed by atoms with Gasteiger partial charge in [-0.05, 0) is 31.9 Å². The van der Waals surface area contributed by atoms with Gasteiger partial charge in [0, 0.05) is 36.7 Å². The summed E-state index contributed by atoms with van der Waals surface area (Å²) in [6, 6.07) is 8.23. The van der Waals surface area contributed by atoms with Crippen LogP contribution in [0.2, 0.25) is 0 Å². The van der Waals surface area contributed by atoms with E-state index < -0.39 is 10.0 Å². The van der Waals surface area contributed by atoms with Gasteiger partial charge in [0.15, 0.2) is 5.96 Å². The molecule has 25 heavy (non-hydrogen) atoms. The summed E-state index contributed by atoms with van der Waals surface area (Å²) in [5.41, 5.74) is 2.40. The van der Waals surface area contributed by atoms with E-state index in [0.717, 1.165) is 25.0 Å². The van der Waals surface area contributed by atoms with E-state index >= 15 is 0 Å². The highest BCUT2D eigenvalue weighted by Crippen LogP contribution is 2.17. The van der Waals surface area contributed by atoms with Gasteiger partial charge in [-0.2, -0.15) is 0 Å². The van der Waals surface area contributed by atoms with Crippen molar-refractivity contribution in [2.75, 3.05) is 31.9 Å². The normalized spacial score (nSPS) is 12.5. The molecule has 138 valence electrons. The lowest BCUT2D eigenvalue weighted by Crippen LogP contribution is -2.39. The Kier molecular flexibility index (Phi) is 7.27. The molecular formula is C17H27N5O2S. The zero-order chi connectivity index (χ0) is 18.1. The van der Waals surface area contributed by atoms with Gasteiger partial charge in [-0.1, -0.05) is 18.2 Å². The first-order chi connectivity index (χ1) is 12.1. The zero-order valence-electron chi connectivity index (χ0n) is 14.8. The molecule has 0 aliphatic carbocycles. The average molecular weight is 366 g/mol. The lowest BCUT2D eigenvalue weighted by atomic mass is 10.1. The van der Waals surface area contributed by atoms with Gasteiger partial charge in [0.2, 0.25) is 10.0 Å². The molecule has 0 bridgehead atoms. The fourth-order valence-electron chi connectivity index (χ4n) is 2.47. The standard InChI is InChI=1S/C17H27N5O2S/c1-3-18-17(20-11-12-22-25(23,24)4-2)19-10-9-14-13-21-16-8-6-5-7-15(14)16/h5-8,13,21-22H,3-4,9-12H2,1-2H3,(H2,18,19,20). The Hall–Kier alpha value is -2.06. The highest BCUT2D eigenvalue weighted by molar-refractivity contribution is 7.89. The minimum atomic E-state index is -3.16. The summed E-state index contributed by atoms with van der Waals surface area (Å²) in [5.74, 6) is 0.776. The molecular weight excluding hydrogens is 338 g/mol. The summed E-state index contributed by atoms with van der Waals surface area (Å²) in [6.07, 6.45) is 2.91. The number of aliphatic imine (C=N–C) groups is 1. The number of aromatic amines is 1. The molecule has 0 amide bonds. The Morgan fingerprint density at radius 2 is 1.96 bits per heavy atom. The number of aromatic nitrogens is 1. The molecule has 0 aliphatic heterocycles. The number of hydrogen-bond acceptors (Lipinski definition) is 3. The van der Waals surface area contributed by atoms with Gasteiger partial charge < -0.3 is 15.6 Å². The van der Waals surface area contributed by atoms with Crippen molar-refractivity contribution in [3.63, 3.8) is 0 Å². The monoisotopic (exact) mass is 365 g/mol. The molecule has 0 saturated carbocycles. The number of nitrogens with one attached hydrogen (secondary N) is 4. The van der Waals surface area contributed by atoms with E-state index in [0.29, 0.717) is 19.0 Å². The summed E-state index contributed by atoms with van der Waals surface area (Å²) in [4.78, 5) is 7.67. The number of rotatable bonds is 9. The molecule has 1 heterocycles. The minimum Gasteiger partial charge on any atom is -0.361 e. The molecule has 0 fully saturated rings. The summed E-state index contributed by atoms with van der Waals surface area (Å²) < 4.78 is 25.3. The maximum absolute atomic E-state index is 11.4. The smallest absolute Gasteiger partial charge is 0.211 e. The van der Waals surface area contributed by atoms with Crippen LogP contribution in [0.25, 0.3) is 10.9 Å². The highest BCUT2D eigenvalue weighted by Gasteiger charge is 2.05. The second-order valence-electron chi connectivity index (χ2n) is 5.59. The average Bonchev–Trinajstić information content (AvgIpc) is 3.02. The largest absolute Gasteiger partial charge is 0.361 e. The van der Waals surface area contributed by atoms with E-state index in [9.17, 15) is 8.42 Å². The predicted molar refractivity (Wildman–Crippen MR) is 103 cm³/mol. The van der Waals surface area contributed by atoms with Gasteiger partial charge in [0.05, 0.1) is 12.3 Å². The summed E-state index contributed by atoms with van der Waals surface area (Å²) >= 11 is 0. The van der Waals surface area contributed by atoms with Crippen LogP contribution in [0.5, 0.6) is 0 Å². The molecule has 0 aliphatic rings. The van der Waals surface area contributed by atoms with Crippen molar-refractivity contribution < 1.29 is 8.42 Å². The molecule has 1 aromatic carbocycles. The molecule has 0 spiro atoms. The van der Waals surface area contributed by atoms with E-state index in [1.165, 1.54) is 10.9 Å². The minimum absolute atomic E-state index is 0.0830. The molecule has 7 nitrogen and oxygen atoms in total. The van der Waals surface area contributed by atoms with Gasteiger partial charge in [-0.3, -0.25) is 4.99 Å². The SMILES string of the molecule is CCNC(=NCCNS(=O)(=O)CC)NCCc1c[nH]c2ccccc12. The highest BCUT2D eigenvalue weighted by atomic mass is 32.2. The molecule has 0 saturated heterocycles. The number of sulfonamides is 1. The number of benzene rings is 1. The number of guanidine groups is 1. The first-order valence-corrected chi connectivity index (χ1v) is 10.3. The Labute approximate surface area is 149 Å². The Bertz CT molecular complexity index is 798.